The van der Waals surface area contributed by atoms with Crippen molar-refractivity contribution in [3.05, 3.63) is 75.3 Å². The van der Waals surface area contributed by atoms with Gasteiger partial charge in [0.05, 0.1) is 17.3 Å². The van der Waals surface area contributed by atoms with Crippen molar-refractivity contribution in [1.29, 1.82) is 0 Å². The van der Waals surface area contributed by atoms with Gasteiger partial charge in [-0.25, -0.2) is 4.98 Å². The summed E-state index contributed by atoms with van der Waals surface area (Å²) in [4.78, 5) is 40.5. The molecule has 162 valence electrons. The Labute approximate surface area is 183 Å². The maximum Gasteiger partial charge on any atom is 0.325 e. The molecule has 0 aliphatic heterocycles. The molecule has 0 saturated heterocycles. The molecule has 1 amide bonds. The molecule has 0 radical (unpaired) electrons. The van der Waals surface area contributed by atoms with Crippen molar-refractivity contribution >= 4 is 29.1 Å². The van der Waals surface area contributed by atoms with Crippen LogP contribution in [0, 0.1) is 0 Å². The number of fused-ring (bicyclic) bond motifs is 1. The number of ether oxygens (including phenoxy) is 2. The number of pyridine rings is 1. The van der Waals surface area contributed by atoms with Crippen molar-refractivity contribution in [3.8, 4) is 5.75 Å². The number of benzene rings is 1. The first-order chi connectivity index (χ1) is 15.0. The molecule has 0 spiro atoms. The summed E-state index contributed by atoms with van der Waals surface area (Å²) >= 11 is 5.87. The predicted molar refractivity (Wildman–Crippen MR) is 115 cm³/mol. The number of nitrogens with zero attached hydrogens (tertiary/aromatic N) is 2. The van der Waals surface area contributed by atoms with E-state index < -0.39 is 11.9 Å². The van der Waals surface area contributed by atoms with Gasteiger partial charge < -0.3 is 14.8 Å². The van der Waals surface area contributed by atoms with E-state index in [2.05, 4.69) is 17.2 Å². The van der Waals surface area contributed by atoms with Crippen molar-refractivity contribution in [3.63, 3.8) is 0 Å². The Hall–Kier alpha value is -3.39. The van der Waals surface area contributed by atoms with Gasteiger partial charge in [-0.05, 0) is 42.8 Å². The van der Waals surface area contributed by atoms with E-state index in [1.165, 1.54) is 16.7 Å². The van der Waals surface area contributed by atoms with Crippen LogP contribution in [0.1, 0.15) is 35.8 Å². The molecule has 1 aromatic carbocycles. The van der Waals surface area contributed by atoms with E-state index in [0.29, 0.717) is 34.3 Å². The highest BCUT2D eigenvalue weighted by Crippen LogP contribution is 2.13. The van der Waals surface area contributed by atoms with Gasteiger partial charge in [-0.3, -0.25) is 18.8 Å². The molecule has 8 nitrogen and oxygen atoms in total. The quantitative estimate of drug-likeness (QED) is 0.403. The molecule has 31 heavy (non-hydrogen) atoms. The fourth-order valence-corrected chi connectivity index (χ4v) is 2.86. The third-order valence-electron chi connectivity index (χ3n) is 4.33. The SMILES string of the molecule is CCCCOc1ccc(C(=O)NCC(=O)OCc2cc(=O)n3cc(Cl)ccc3n2)cc1. The minimum absolute atomic E-state index is 0.188. The zero-order valence-corrected chi connectivity index (χ0v) is 17.7. The fourth-order valence-electron chi connectivity index (χ4n) is 2.70. The second-order valence-corrected chi connectivity index (χ2v) is 7.17. The molecule has 9 heteroatoms. The van der Waals surface area contributed by atoms with Crippen molar-refractivity contribution in [2.45, 2.75) is 26.4 Å². The monoisotopic (exact) mass is 443 g/mol. The van der Waals surface area contributed by atoms with Crippen LogP contribution < -0.4 is 15.6 Å². The standard InChI is InChI=1S/C22H22ClN3O5/c1-2-3-10-30-18-7-4-15(5-8-18)22(29)24-12-21(28)31-14-17-11-20(27)26-13-16(23)6-9-19(26)25-17/h4-9,11,13H,2-3,10,12,14H2,1H3,(H,24,29). The Kier molecular flexibility index (Phi) is 7.61. The Morgan fingerprint density at radius 1 is 1.16 bits per heavy atom. The zero-order valence-electron chi connectivity index (χ0n) is 17.0. The second-order valence-electron chi connectivity index (χ2n) is 6.73. The number of unbranched alkanes of at least 4 members (excludes halogenated alkanes) is 1. The smallest absolute Gasteiger partial charge is 0.325 e. The largest absolute Gasteiger partial charge is 0.494 e. The van der Waals surface area contributed by atoms with E-state index in [1.807, 2.05) is 0 Å². The molecule has 3 aromatic rings. The molecule has 0 unspecified atom stereocenters. The minimum atomic E-state index is -0.647. The molecular weight excluding hydrogens is 422 g/mol. The molecular formula is C22H22ClN3O5. The van der Waals surface area contributed by atoms with E-state index in [1.54, 1.807) is 36.4 Å². The van der Waals surface area contributed by atoms with Gasteiger partial charge >= 0.3 is 5.97 Å². The molecule has 0 atom stereocenters. The van der Waals surface area contributed by atoms with Crippen LogP contribution in [0.15, 0.2) is 53.5 Å². The highest BCUT2D eigenvalue weighted by atomic mass is 35.5. The van der Waals surface area contributed by atoms with Gasteiger partial charge in [0.1, 0.15) is 24.5 Å². The van der Waals surface area contributed by atoms with E-state index in [9.17, 15) is 14.4 Å². The van der Waals surface area contributed by atoms with Crippen LogP contribution in [0.3, 0.4) is 0 Å². The van der Waals surface area contributed by atoms with Gasteiger partial charge in [-0.15, -0.1) is 0 Å². The van der Waals surface area contributed by atoms with E-state index >= 15 is 0 Å². The van der Waals surface area contributed by atoms with Gasteiger partial charge in [0.2, 0.25) is 0 Å². The summed E-state index contributed by atoms with van der Waals surface area (Å²) in [6, 6.07) is 11.1. The zero-order chi connectivity index (χ0) is 22.2. The predicted octanol–water partition coefficient (Wildman–Crippen LogP) is 3.00. The molecule has 0 bridgehead atoms. The molecule has 3 rings (SSSR count). The fraction of sp³-hybridized carbons (Fsp3) is 0.273. The average molecular weight is 444 g/mol. The lowest BCUT2D eigenvalue weighted by molar-refractivity contribution is -0.143. The summed E-state index contributed by atoms with van der Waals surface area (Å²) < 4.78 is 12.0. The molecule has 0 aliphatic carbocycles. The Morgan fingerprint density at radius 2 is 1.94 bits per heavy atom. The number of halogens is 1. The third-order valence-corrected chi connectivity index (χ3v) is 4.56. The van der Waals surface area contributed by atoms with Crippen LogP contribution in [0.4, 0.5) is 0 Å². The highest BCUT2D eigenvalue weighted by Gasteiger charge is 2.11. The number of nitrogens with one attached hydrogen (secondary N) is 1. The molecule has 1 N–H and O–H groups in total. The average Bonchev–Trinajstić information content (AvgIpc) is 2.77. The van der Waals surface area contributed by atoms with Crippen LogP contribution in [0.5, 0.6) is 5.75 Å². The topological polar surface area (TPSA) is 99.0 Å². The maximum absolute atomic E-state index is 12.2. The van der Waals surface area contributed by atoms with Crippen LogP contribution in [-0.2, 0) is 16.1 Å². The lowest BCUT2D eigenvalue weighted by Crippen LogP contribution is -2.30. The van der Waals surface area contributed by atoms with E-state index in [4.69, 9.17) is 21.1 Å². The van der Waals surface area contributed by atoms with Crippen molar-refractivity contribution < 1.29 is 19.1 Å². The van der Waals surface area contributed by atoms with E-state index in [-0.39, 0.29) is 18.7 Å². The van der Waals surface area contributed by atoms with E-state index in [0.717, 1.165) is 12.8 Å². The summed E-state index contributed by atoms with van der Waals surface area (Å²) in [6.45, 7) is 2.21. The van der Waals surface area contributed by atoms with Crippen molar-refractivity contribution in [1.82, 2.24) is 14.7 Å². The number of hydrogen-bond donors (Lipinski definition) is 1. The van der Waals surface area contributed by atoms with Gasteiger partial charge in [-0.1, -0.05) is 24.9 Å². The van der Waals surface area contributed by atoms with Gasteiger partial charge in [0, 0.05) is 17.8 Å². The minimum Gasteiger partial charge on any atom is -0.494 e. The summed E-state index contributed by atoms with van der Waals surface area (Å²) in [5.41, 5.74) is 0.747. The van der Waals surface area contributed by atoms with Gasteiger partial charge in [0.15, 0.2) is 0 Å². The molecule has 2 aromatic heterocycles. The first-order valence-electron chi connectivity index (χ1n) is 9.81. The van der Waals surface area contributed by atoms with Crippen LogP contribution in [-0.4, -0.2) is 34.4 Å². The third kappa shape index (κ3) is 6.29. The Bertz CT molecular complexity index is 1130. The number of hydrogen-bond acceptors (Lipinski definition) is 6. The number of aromatic nitrogens is 2. The molecule has 0 aliphatic rings. The number of carbonyl (C=O) groups excluding carboxylic acids is 2. The second kappa shape index (κ2) is 10.6. The highest BCUT2D eigenvalue weighted by molar-refractivity contribution is 6.30. The first-order valence-corrected chi connectivity index (χ1v) is 10.2. The summed E-state index contributed by atoms with van der Waals surface area (Å²) in [7, 11) is 0. The maximum atomic E-state index is 12.2. The Balaban J connectivity index is 1.49. The summed E-state index contributed by atoms with van der Waals surface area (Å²) in [5.74, 6) is -0.368. The number of carbonyl (C=O) groups is 2. The van der Waals surface area contributed by atoms with Crippen LogP contribution in [0.2, 0.25) is 5.02 Å². The van der Waals surface area contributed by atoms with Crippen LogP contribution in [0.25, 0.3) is 5.65 Å². The number of esters is 1. The lowest BCUT2D eigenvalue weighted by Gasteiger charge is -2.08. The normalized spacial score (nSPS) is 10.6. The number of amides is 1. The Morgan fingerprint density at radius 3 is 2.68 bits per heavy atom. The molecule has 0 fully saturated rings. The number of rotatable bonds is 9. The van der Waals surface area contributed by atoms with Crippen molar-refractivity contribution in [2.24, 2.45) is 0 Å². The summed E-state index contributed by atoms with van der Waals surface area (Å²) in [6.07, 6.45) is 3.46. The van der Waals surface area contributed by atoms with Crippen molar-refractivity contribution in [2.75, 3.05) is 13.2 Å². The van der Waals surface area contributed by atoms with Gasteiger partial charge in [0.25, 0.3) is 11.5 Å². The molecule has 2 heterocycles. The van der Waals surface area contributed by atoms with Gasteiger partial charge in [-0.2, -0.15) is 0 Å². The first kappa shape index (κ1) is 22.3. The van der Waals surface area contributed by atoms with Crippen LogP contribution >= 0.6 is 11.6 Å². The molecule has 0 saturated carbocycles. The summed E-state index contributed by atoms with van der Waals surface area (Å²) in [5, 5.41) is 2.91. The lowest BCUT2D eigenvalue weighted by atomic mass is 10.2.